The van der Waals surface area contributed by atoms with Gasteiger partial charge in [0.2, 0.25) is 0 Å². The molecule has 0 aromatic rings. The van der Waals surface area contributed by atoms with E-state index in [9.17, 15) is 0 Å². The summed E-state index contributed by atoms with van der Waals surface area (Å²) in [5.41, 5.74) is 6.62. The Morgan fingerprint density at radius 1 is 1.50 bits per heavy atom. The van der Waals surface area contributed by atoms with Gasteiger partial charge in [0.05, 0.1) is 0 Å². The molecule has 2 N–H and O–H groups in total. The van der Waals surface area contributed by atoms with Crippen LogP contribution in [0.3, 0.4) is 0 Å². The molecule has 3 unspecified atom stereocenters. The van der Waals surface area contributed by atoms with Crippen LogP contribution in [0.25, 0.3) is 0 Å². The van der Waals surface area contributed by atoms with Crippen molar-refractivity contribution in [2.75, 3.05) is 13.6 Å². The number of likely N-dealkylation sites (N-methyl/N-ethyl adjacent to an activating group) is 1. The monoisotopic (exact) mass is 226 g/mol. The zero-order chi connectivity index (χ0) is 12.2. The summed E-state index contributed by atoms with van der Waals surface area (Å²) < 4.78 is 0. The molecule has 3 atom stereocenters. The largest absolute Gasteiger partial charge is 0.324 e. The quantitative estimate of drug-likeness (QED) is 0.781. The van der Waals surface area contributed by atoms with Gasteiger partial charge in [-0.05, 0) is 39.2 Å². The minimum Gasteiger partial charge on any atom is -0.324 e. The Morgan fingerprint density at radius 2 is 2.19 bits per heavy atom. The molecule has 0 saturated heterocycles. The highest BCUT2D eigenvalue weighted by molar-refractivity contribution is 4.92. The van der Waals surface area contributed by atoms with Crippen LogP contribution in [0.15, 0.2) is 0 Å². The van der Waals surface area contributed by atoms with Gasteiger partial charge in [-0.1, -0.05) is 33.1 Å². The SMILES string of the molecule is CCCC(C)N(C)CC1(N)CCCC(C)C1. The summed E-state index contributed by atoms with van der Waals surface area (Å²) >= 11 is 0. The van der Waals surface area contributed by atoms with Crippen molar-refractivity contribution in [3.63, 3.8) is 0 Å². The highest BCUT2D eigenvalue weighted by Gasteiger charge is 2.32. The van der Waals surface area contributed by atoms with Crippen LogP contribution in [0.5, 0.6) is 0 Å². The molecule has 0 radical (unpaired) electrons. The number of rotatable bonds is 5. The van der Waals surface area contributed by atoms with Crippen LogP contribution in [-0.4, -0.2) is 30.1 Å². The van der Waals surface area contributed by atoms with Crippen molar-refractivity contribution in [2.45, 2.75) is 70.9 Å². The van der Waals surface area contributed by atoms with Gasteiger partial charge in [-0.3, -0.25) is 0 Å². The Morgan fingerprint density at radius 3 is 2.75 bits per heavy atom. The lowest BCUT2D eigenvalue weighted by Crippen LogP contribution is -2.53. The molecular formula is C14H30N2. The fourth-order valence-electron chi connectivity index (χ4n) is 3.13. The van der Waals surface area contributed by atoms with E-state index in [-0.39, 0.29) is 5.54 Å². The standard InChI is InChI=1S/C14H30N2/c1-5-7-13(3)16(4)11-14(15)9-6-8-12(2)10-14/h12-13H,5-11,15H2,1-4H3. The molecule has 2 nitrogen and oxygen atoms in total. The summed E-state index contributed by atoms with van der Waals surface area (Å²) in [6.07, 6.45) is 7.64. The van der Waals surface area contributed by atoms with Crippen molar-refractivity contribution in [3.8, 4) is 0 Å². The van der Waals surface area contributed by atoms with E-state index in [2.05, 4.69) is 32.7 Å². The van der Waals surface area contributed by atoms with Gasteiger partial charge in [0.1, 0.15) is 0 Å². The zero-order valence-corrected chi connectivity index (χ0v) is 11.6. The fraction of sp³-hybridized carbons (Fsp3) is 1.00. The van der Waals surface area contributed by atoms with Crippen molar-refractivity contribution in [1.29, 1.82) is 0 Å². The van der Waals surface area contributed by atoms with Crippen LogP contribution in [0.2, 0.25) is 0 Å². The van der Waals surface area contributed by atoms with E-state index in [1.807, 2.05) is 0 Å². The van der Waals surface area contributed by atoms with Crippen molar-refractivity contribution in [2.24, 2.45) is 11.7 Å². The molecule has 96 valence electrons. The lowest BCUT2D eigenvalue weighted by Gasteiger charge is -2.41. The molecule has 1 aliphatic carbocycles. The Bertz CT molecular complexity index is 205. The number of hydrogen-bond acceptors (Lipinski definition) is 2. The third-order valence-electron chi connectivity index (χ3n) is 4.15. The van der Waals surface area contributed by atoms with Gasteiger partial charge in [0.15, 0.2) is 0 Å². The second-order valence-corrected chi connectivity index (χ2v) is 6.12. The van der Waals surface area contributed by atoms with Crippen molar-refractivity contribution < 1.29 is 0 Å². The lowest BCUT2D eigenvalue weighted by atomic mass is 9.76. The Hall–Kier alpha value is -0.0800. The first-order valence-corrected chi connectivity index (χ1v) is 6.96. The highest BCUT2D eigenvalue weighted by atomic mass is 15.1. The average Bonchev–Trinajstić information content (AvgIpc) is 2.16. The van der Waals surface area contributed by atoms with Crippen molar-refractivity contribution >= 4 is 0 Å². The molecule has 0 aromatic carbocycles. The van der Waals surface area contributed by atoms with E-state index in [1.165, 1.54) is 38.5 Å². The van der Waals surface area contributed by atoms with Crippen LogP contribution < -0.4 is 5.73 Å². The molecule has 0 amide bonds. The zero-order valence-electron chi connectivity index (χ0n) is 11.6. The van der Waals surface area contributed by atoms with Crippen molar-refractivity contribution in [3.05, 3.63) is 0 Å². The molecule has 0 aliphatic heterocycles. The maximum atomic E-state index is 6.54. The molecule has 0 heterocycles. The molecule has 0 bridgehead atoms. The van der Waals surface area contributed by atoms with Crippen LogP contribution in [-0.2, 0) is 0 Å². The van der Waals surface area contributed by atoms with E-state index in [4.69, 9.17) is 5.73 Å². The van der Waals surface area contributed by atoms with Gasteiger partial charge < -0.3 is 10.6 Å². The minimum atomic E-state index is 0.0778. The first kappa shape index (κ1) is 14.0. The second kappa shape index (κ2) is 6.02. The molecule has 1 saturated carbocycles. The third-order valence-corrected chi connectivity index (χ3v) is 4.15. The van der Waals surface area contributed by atoms with Gasteiger partial charge in [-0.2, -0.15) is 0 Å². The van der Waals surface area contributed by atoms with Gasteiger partial charge in [-0.25, -0.2) is 0 Å². The first-order valence-electron chi connectivity index (χ1n) is 6.96. The summed E-state index contributed by atoms with van der Waals surface area (Å²) in [7, 11) is 2.23. The van der Waals surface area contributed by atoms with Gasteiger partial charge in [-0.15, -0.1) is 0 Å². The summed E-state index contributed by atoms with van der Waals surface area (Å²) in [6.45, 7) is 7.99. The minimum absolute atomic E-state index is 0.0778. The maximum absolute atomic E-state index is 6.54. The van der Waals surface area contributed by atoms with E-state index in [1.54, 1.807) is 0 Å². The lowest BCUT2D eigenvalue weighted by molar-refractivity contribution is 0.140. The molecule has 1 aliphatic rings. The third kappa shape index (κ3) is 4.06. The predicted molar refractivity (Wildman–Crippen MR) is 71.6 cm³/mol. The number of hydrogen-bond donors (Lipinski definition) is 1. The topological polar surface area (TPSA) is 29.3 Å². The van der Waals surface area contributed by atoms with E-state index in [0.717, 1.165) is 12.5 Å². The number of nitrogens with two attached hydrogens (primary N) is 1. The molecule has 0 aromatic heterocycles. The fourth-order valence-corrected chi connectivity index (χ4v) is 3.13. The van der Waals surface area contributed by atoms with Gasteiger partial charge >= 0.3 is 0 Å². The summed E-state index contributed by atoms with van der Waals surface area (Å²) in [4.78, 5) is 2.46. The Labute approximate surface area is 102 Å². The number of nitrogens with zero attached hydrogens (tertiary/aromatic N) is 1. The Kier molecular flexibility index (Phi) is 5.26. The van der Waals surface area contributed by atoms with E-state index >= 15 is 0 Å². The van der Waals surface area contributed by atoms with E-state index < -0.39 is 0 Å². The van der Waals surface area contributed by atoms with E-state index in [0.29, 0.717) is 6.04 Å². The van der Waals surface area contributed by atoms with Gasteiger partial charge in [0, 0.05) is 18.1 Å². The van der Waals surface area contributed by atoms with Gasteiger partial charge in [0.25, 0.3) is 0 Å². The average molecular weight is 226 g/mol. The smallest absolute Gasteiger partial charge is 0.0285 e. The molecule has 2 heteroatoms. The summed E-state index contributed by atoms with van der Waals surface area (Å²) in [6, 6.07) is 0.669. The molecule has 1 fully saturated rings. The molecular weight excluding hydrogens is 196 g/mol. The normalized spacial score (nSPS) is 33.0. The predicted octanol–water partition coefficient (Wildman–Crippen LogP) is 3.01. The van der Waals surface area contributed by atoms with Crippen LogP contribution in [0, 0.1) is 5.92 Å². The van der Waals surface area contributed by atoms with Crippen LogP contribution in [0.4, 0.5) is 0 Å². The van der Waals surface area contributed by atoms with Crippen LogP contribution in [0.1, 0.15) is 59.3 Å². The Balaban J connectivity index is 2.44. The second-order valence-electron chi connectivity index (χ2n) is 6.12. The summed E-state index contributed by atoms with van der Waals surface area (Å²) in [5.74, 6) is 0.814. The first-order chi connectivity index (χ1) is 7.47. The maximum Gasteiger partial charge on any atom is 0.0285 e. The molecule has 0 spiro atoms. The van der Waals surface area contributed by atoms with Crippen molar-refractivity contribution in [1.82, 2.24) is 4.90 Å². The summed E-state index contributed by atoms with van der Waals surface area (Å²) in [5, 5.41) is 0. The highest BCUT2D eigenvalue weighted by Crippen LogP contribution is 2.31. The molecule has 1 rings (SSSR count). The van der Waals surface area contributed by atoms with Crippen LogP contribution >= 0.6 is 0 Å². The molecule has 16 heavy (non-hydrogen) atoms.